The fourth-order valence-corrected chi connectivity index (χ4v) is 1.35. The van der Waals surface area contributed by atoms with Crippen molar-refractivity contribution in [1.82, 2.24) is 5.43 Å². The van der Waals surface area contributed by atoms with Crippen molar-refractivity contribution in [2.24, 2.45) is 21.3 Å². The molecule has 1 rings (SSSR count). The van der Waals surface area contributed by atoms with Gasteiger partial charge in [-0.05, 0) is 30.7 Å². The highest BCUT2D eigenvalue weighted by Crippen LogP contribution is 2.05. The molecule has 7 heteroatoms. The Balaban J connectivity index is 2.68. The molecule has 0 unspecified atom stereocenters. The third-order valence-electron chi connectivity index (χ3n) is 2.37. The highest BCUT2D eigenvalue weighted by atomic mass is 16.1. The number of amides is 1. The van der Waals surface area contributed by atoms with Crippen molar-refractivity contribution in [1.29, 1.82) is 0 Å². The second-order valence-corrected chi connectivity index (χ2v) is 4.06. The Morgan fingerprint density at radius 2 is 2.10 bits per heavy atom. The Labute approximate surface area is 123 Å². The zero-order chi connectivity index (χ0) is 15.5. The van der Waals surface area contributed by atoms with Crippen molar-refractivity contribution in [3.8, 4) is 0 Å². The van der Waals surface area contributed by atoms with E-state index in [9.17, 15) is 4.79 Å². The molecule has 0 radical (unpaired) electrons. The molecule has 1 amide bonds. The predicted octanol–water partition coefficient (Wildman–Crippen LogP) is 1.99. The number of nitrogens with one attached hydrogen (secondary N) is 2. The molecule has 110 valence electrons. The van der Waals surface area contributed by atoms with Crippen molar-refractivity contribution >= 4 is 17.3 Å². The molecule has 0 aliphatic carbocycles. The summed E-state index contributed by atoms with van der Waals surface area (Å²) >= 11 is 0. The topological polar surface area (TPSA) is 104 Å². The lowest BCUT2D eigenvalue weighted by molar-refractivity contribution is -0.110. The number of hydrogen-bond acceptors (Lipinski definition) is 4. The van der Waals surface area contributed by atoms with Gasteiger partial charge < -0.3 is 11.2 Å². The molecule has 21 heavy (non-hydrogen) atoms. The number of hydrogen-bond donors (Lipinski definition) is 3. The van der Waals surface area contributed by atoms with Gasteiger partial charge in [0.2, 0.25) is 0 Å². The first-order valence-electron chi connectivity index (χ1n) is 6.22. The molecule has 0 spiro atoms. The number of anilines is 1. The zero-order valence-corrected chi connectivity index (χ0v) is 11.8. The normalized spacial score (nSPS) is 12.2. The van der Waals surface area contributed by atoms with Crippen LogP contribution in [0, 0.1) is 0 Å². The average Bonchev–Trinajstić information content (AvgIpc) is 2.49. The number of carbonyl (C=O) groups excluding carboxylic acids is 1. The summed E-state index contributed by atoms with van der Waals surface area (Å²) < 4.78 is 0. The fourth-order valence-electron chi connectivity index (χ4n) is 1.35. The minimum absolute atomic E-state index is 0.221. The Kier molecular flexibility index (Phi) is 6.92. The minimum atomic E-state index is -0.324. The standard InChI is InChI=1S/C14H18N6O/c1-3-13(16-9-11(2)10-17-20-19-15)14(21)18-12-7-5-4-6-8-12/h3-9H,1,10H2,2H3,(H2,15,20)(H,17,19)(H,18,21)/b11-9+,16-13?. The molecule has 0 fully saturated rings. The van der Waals surface area contributed by atoms with Gasteiger partial charge in [-0.2, -0.15) is 0 Å². The van der Waals surface area contributed by atoms with Crippen LogP contribution < -0.4 is 16.6 Å². The molecule has 0 saturated carbocycles. The maximum atomic E-state index is 12.0. The van der Waals surface area contributed by atoms with Crippen LogP contribution >= 0.6 is 0 Å². The molecule has 1 aromatic rings. The summed E-state index contributed by atoms with van der Waals surface area (Å²) in [5.74, 6) is 4.53. The summed E-state index contributed by atoms with van der Waals surface area (Å²) in [6.45, 7) is 5.85. The number of rotatable bonds is 7. The molecule has 0 heterocycles. The van der Waals surface area contributed by atoms with Crippen molar-refractivity contribution in [2.75, 3.05) is 11.9 Å². The maximum absolute atomic E-state index is 12.0. The Morgan fingerprint density at radius 3 is 2.71 bits per heavy atom. The fraction of sp³-hybridized carbons (Fsp3) is 0.143. The third-order valence-corrected chi connectivity index (χ3v) is 2.37. The van der Waals surface area contributed by atoms with E-state index in [-0.39, 0.29) is 11.6 Å². The average molecular weight is 286 g/mol. The van der Waals surface area contributed by atoms with Crippen LogP contribution in [0.5, 0.6) is 0 Å². The first kappa shape index (κ1) is 16.1. The van der Waals surface area contributed by atoms with E-state index in [4.69, 9.17) is 5.84 Å². The second kappa shape index (κ2) is 9.03. The van der Waals surface area contributed by atoms with Crippen LogP contribution in [-0.4, -0.2) is 18.2 Å². The molecule has 0 bridgehead atoms. The first-order valence-corrected chi connectivity index (χ1v) is 6.22. The van der Waals surface area contributed by atoms with Gasteiger partial charge in [0.25, 0.3) is 5.91 Å². The van der Waals surface area contributed by atoms with Gasteiger partial charge in [-0.25, -0.2) is 0 Å². The Hall–Kier alpha value is -2.96. The smallest absolute Gasteiger partial charge is 0.274 e. The van der Waals surface area contributed by atoms with Crippen LogP contribution in [0.1, 0.15) is 6.92 Å². The zero-order valence-electron chi connectivity index (χ0n) is 11.8. The Bertz CT molecular complexity index is 562. The van der Waals surface area contributed by atoms with E-state index in [1.165, 1.54) is 6.08 Å². The molecule has 7 nitrogen and oxygen atoms in total. The quantitative estimate of drug-likeness (QED) is 0.309. The predicted molar refractivity (Wildman–Crippen MR) is 83.5 cm³/mol. The highest BCUT2D eigenvalue weighted by molar-refractivity contribution is 6.47. The lowest BCUT2D eigenvalue weighted by atomic mass is 10.3. The third kappa shape index (κ3) is 6.15. The van der Waals surface area contributed by atoms with Crippen LogP contribution in [0.25, 0.3) is 0 Å². The Morgan fingerprint density at radius 1 is 1.38 bits per heavy atom. The van der Waals surface area contributed by atoms with E-state index < -0.39 is 0 Å². The lowest BCUT2D eigenvalue weighted by Crippen LogP contribution is -2.20. The first-order chi connectivity index (χ1) is 10.2. The van der Waals surface area contributed by atoms with Crippen LogP contribution in [-0.2, 0) is 4.79 Å². The summed E-state index contributed by atoms with van der Waals surface area (Å²) in [7, 11) is 0. The molecule has 0 aliphatic rings. The van der Waals surface area contributed by atoms with E-state index in [2.05, 4.69) is 32.8 Å². The summed E-state index contributed by atoms with van der Waals surface area (Å²) in [6.07, 6.45) is 2.95. The molecule has 1 aromatic carbocycles. The van der Waals surface area contributed by atoms with Gasteiger partial charge in [-0.3, -0.25) is 15.2 Å². The number of nitrogens with two attached hydrogens (primary N) is 1. The number of carbonyl (C=O) groups is 1. The van der Waals surface area contributed by atoms with Gasteiger partial charge >= 0.3 is 0 Å². The van der Waals surface area contributed by atoms with Crippen LogP contribution in [0.4, 0.5) is 5.69 Å². The van der Waals surface area contributed by atoms with Crippen LogP contribution in [0.3, 0.4) is 0 Å². The van der Waals surface area contributed by atoms with Crippen LogP contribution in [0.2, 0.25) is 0 Å². The van der Waals surface area contributed by atoms with Gasteiger partial charge in [0.05, 0.1) is 6.54 Å². The minimum Gasteiger partial charge on any atom is -0.321 e. The lowest BCUT2D eigenvalue weighted by Gasteiger charge is -2.04. The van der Waals surface area contributed by atoms with E-state index in [1.807, 2.05) is 25.1 Å². The summed E-state index contributed by atoms with van der Waals surface area (Å²) in [5.41, 5.74) is 4.39. The number of para-hydroxylation sites is 1. The van der Waals surface area contributed by atoms with Gasteiger partial charge in [0.15, 0.2) is 0 Å². The molecule has 0 aliphatic heterocycles. The van der Waals surface area contributed by atoms with Crippen molar-refractivity contribution in [3.63, 3.8) is 0 Å². The SMILES string of the molecule is C=CC(=N/C=C(\C)CN/N=N\N)C(=O)Nc1ccccc1. The van der Waals surface area contributed by atoms with Gasteiger partial charge in [-0.15, -0.1) is 0 Å². The van der Waals surface area contributed by atoms with E-state index >= 15 is 0 Å². The maximum Gasteiger partial charge on any atom is 0.274 e. The molecule has 0 saturated heterocycles. The van der Waals surface area contributed by atoms with Crippen molar-refractivity contribution < 1.29 is 4.79 Å². The van der Waals surface area contributed by atoms with Crippen LogP contribution in [0.15, 0.2) is 70.2 Å². The number of benzene rings is 1. The largest absolute Gasteiger partial charge is 0.321 e. The van der Waals surface area contributed by atoms with E-state index in [0.717, 1.165) is 5.57 Å². The second-order valence-electron chi connectivity index (χ2n) is 4.06. The van der Waals surface area contributed by atoms with E-state index in [0.29, 0.717) is 12.2 Å². The monoisotopic (exact) mass is 286 g/mol. The molecule has 0 aromatic heterocycles. The number of aliphatic imine (C=N–C) groups is 1. The van der Waals surface area contributed by atoms with Crippen molar-refractivity contribution in [3.05, 3.63) is 54.8 Å². The van der Waals surface area contributed by atoms with Gasteiger partial charge in [-0.1, -0.05) is 35.2 Å². The molecular weight excluding hydrogens is 268 g/mol. The molecular formula is C14H18N6O. The summed E-state index contributed by atoms with van der Waals surface area (Å²) in [6, 6.07) is 9.13. The molecule has 0 atom stereocenters. The summed E-state index contributed by atoms with van der Waals surface area (Å²) in [5, 5.41) is 9.21. The van der Waals surface area contributed by atoms with Gasteiger partial charge in [0, 0.05) is 11.9 Å². The summed E-state index contributed by atoms with van der Waals surface area (Å²) in [4.78, 5) is 16.1. The number of nitrogens with zero attached hydrogens (tertiary/aromatic N) is 3. The van der Waals surface area contributed by atoms with E-state index in [1.54, 1.807) is 18.3 Å². The molecule has 4 N–H and O–H groups in total. The van der Waals surface area contributed by atoms with Crippen molar-refractivity contribution in [2.45, 2.75) is 6.92 Å². The highest BCUT2D eigenvalue weighted by Gasteiger charge is 2.06. The van der Waals surface area contributed by atoms with Gasteiger partial charge in [0.1, 0.15) is 5.71 Å².